The molecule has 8 heavy (non-hydrogen) atoms. The maximum Gasteiger partial charge on any atom is 0.169 e. The standard InChI is InChI=1S/C4H12NO2P/c1-3(5)4(2)8(6)7/h3-4,6-7H,5H2,1-2H3. The lowest BCUT2D eigenvalue weighted by Crippen LogP contribution is -2.27. The molecule has 0 rings (SSSR count). The van der Waals surface area contributed by atoms with Crippen molar-refractivity contribution in [3.05, 3.63) is 0 Å². The number of hydrogen-bond donors (Lipinski definition) is 3. The van der Waals surface area contributed by atoms with Crippen LogP contribution in [0, 0.1) is 0 Å². The van der Waals surface area contributed by atoms with Crippen LogP contribution in [0.4, 0.5) is 0 Å². The average molecular weight is 137 g/mol. The molecule has 0 aliphatic heterocycles. The second-order valence-electron chi connectivity index (χ2n) is 1.92. The molecule has 0 heterocycles. The molecule has 4 heteroatoms. The van der Waals surface area contributed by atoms with Gasteiger partial charge in [0.2, 0.25) is 0 Å². The highest BCUT2D eigenvalue weighted by atomic mass is 31.2. The minimum absolute atomic E-state index is 0.129. The molecule has 0 aliphatic rings. The zero-order valence-corrected chi connectivity index (χ0v) is 5.97. The summed E-state index contributed by atoms with van der Waals surface area (Å²) in [6.45, 7) is 3.48. The van der Waals surface area contributed by atoms with Gasteiger partial charge in [0, 0.05) is 11.7 Å². The van der Waals surface area contributed by atoms with Crippen LogP contribution in [0.3, 0.4) is 0 Å². The van der Waals surface area contributed by atoms with E-state index in [2.05, 4.69) is 0 Å². The van der Waals surface area contributed by atoms with E-state index in [9.17, 15) is 0 Å². The van der Waals surface area contributed by atoms with Gasteiger partial charge < -0.3 is 15.5 Å². The average Bonchev–Trinajstić information content (AvgIpc) is 1.64. The molecule has 0 aliphatic carbocycles. The molecular formula is C4H12NO2P. The summed E-state index contributed by atoms with van der Waals surface area (Å²) >= 11 is 0. The molecule has 2 atom stereocenters. The first-order valence-electron chi connectivity index (χ1n) is 2.48. The Labute approximate surface area is 50.4 Å². The van der Waals surface area contributed by atoms with Gasteiger partial charge in [0.15, 0.2) is 8.38 Å². The Bertz CT molecular complexity index is 59.1. The lowest BCUT2D eigenvalue weighted by molar-refractivity contribution is 0.457. The second-order valence-corrected chi connectivity index (χ2v) is 3.38. The Kier molecular flexibility index (Phi) is 3.49. The molecule has 0 radical (unpaired) electrons. The Hall–Kier alpha value is 0.310. The molecule has 0 saturated carbocycles. The highest BCUT2D eigenvalue weighted by Gasteiger charge is 2.14. The quantitative estimate of drug-likeness (QED) is 0.470. The summed E-state index contributed by atoms with van der Waals surface area (Å²) < 4.78 is 0. The van der Waals surface area contributed by atoms with E-state index in [1.54, 1.807) is 13.8 Å². The van der Waals surface area contributed by atoms with Crippen molar-refractivity contribution in [1.82, 2.24) is 0 Å². The fourth-order valence-corrected chi connectivity index (χ4v) is 0.631. The van der Waals surface area contributed by atoms with Crippen LogP contribution in [0.5, 0.6) is 0 Å². The van der Waals surface area contributed by atoms with E-state index >= 15 is 0 Å². The fourth-order valence-electron chi connectivity index (χ4n) is 0.210. The Balaban J connectivity index is 3.46. The summed E-state index contributed by atoms with van der Waals surface area (Å²) in [5, 5.41) is 0. The van der Waals surface area contributed by atoms with E-state index in [0.29, 0.717) is 0 Å². The molecule has 0 amide bonds. The van der Waals surface area contributed by atoms with Gasteiger partial charge in [-0.2, -0.15) is 0 Å². The molecule has 0 aromatic rings. The predicted octanol–water partition coefficient (Wildman–Crippen LogP) is 0.0186. The van der Waals surface area contributed by atoms with E-state index in [4.69, 9.17) is 15.5 Å². The lowest BCUT2D eigenvalue weighted by Gasteiger charge is -2.15. The van der Waals surface area contributed by atoms with Crippen LogP contribution in [0.15, 0.2) is 0 Å². The Morgan fingerprint density at radius 1 is 1.38 bits per heavy atom. The zero-order chi connectivity index (χ0) is 6.73. The van der Waals surface area contributed by atoms with Gasteiger partial charge in [-0.25, -0.2) is 0 Å². The van der Waals surface area contributed by atoms with Crippen molar-refractivity contribution in [1.29, 1.82) is 0 Å². The third-order valence-corrected chi connectivity index (χ3v) is 2.32. The maximum atomic E-state index is 8.53. The summed E-state index contributed by atoms with van der Waals surface area (Å²) in [4.78, 5) is 17.1. The topological polar surface area (TPSA) is 66.5 Å². The van der Waals surface area contributed by atoms with Crippen LogP contribution in [0.1, 0.15) is 13.8 Å². The van der Waals surface area contributed by atoms with Crippen molar-refractivity contribution < 1.29 is 9.79 Å². The monoisotopic (exact) mass is 137 g/mol. The van der Waals surface area contributed by atoms with Crippen molar-refractivity contribution in [2.24, 2.45) is 5.73 Å². The van der Waals surface area contributed by atoms with Crippen molar-refractivity contribution in [2.75, 3.05) is 0 Å². The van der Waals surface area contributed by atoms with Gasteiger partial charge in [-0.3, -0.25) is 0 Å². The van der Waals surface area contributed by atoms with Crippen molar-refractivity contribution in [3.63, 3.8) is 0 Å². The van der Waals surface area contributed by atoms with Crippen LogP contribution < -0.4 is 5.73 Å². The highest BCUT2D eigenvalue weighted by Crippen LogP contribution is 2.31. The molecule has 0 bridgehead atoms. The molecule has 2 unspecified atom stereocenters. The van der Waals surface area contributed by atoms with Crippen LogP contribution in [0.2, 0.25) is 0 Å². The van der Waals surface area contributed by atoms with Gasteiger partial charge in [0.05, 0.1) is 0 Å². The van der Waals surface area contributed by atoms with Crippen LogP contribution in [-0.2, 0) is 0 Å². The fraction of sp³-hybridized carbons (Fsp3) is 1.00. The van der Waals surface area contributed by atoms with E-state index in [1.165, 1.54) is 0 Å². The first-order valence-corrected chi connectivity index (χ1v) is 3.80. The summed E-state index contributed by atoms with van der Waals surface area (Å²) in [5.41, 5.74) is 5.16. The zero-order valence-electron chi connectivity index (χ0n) is 5.07. The molecule has 0 spiro atoms. The third kappa shape index (κ3) is 2.58. The number of rotatable bonds is 2. The maximum absolute atomic E-state index is 8.53. The van der Waals surface area contributed by atoms with Crippen molar-refractivity contribution in [3.8, 4) is 0 Å². The molecule has 50 valence electrons. The highest BCUT2D eigenvalue weighted by molar-refractivity contribution is 7.46. The van der Waals surface area contributed by atoms with Gasteiger partial charge in [-0.15, -0.1) is 0 Å². The molecule has 4 N–H and O–H groups in total. The number of nitrogens with two attached hydrogens (primary N) is 1. The normalized spacial score (nSPS) is 18.8. The summed E-state index contributed by atoms with van der Waals surface area (Å²) in [6, 6.07) is -0.129. The van der Waals surface area contributed by atoms with Crippen LogP contribution in [0.25, 0.3) is 0 Å². The molecule has 0 saturated heterocycles. The van der Waals surface area contributed by atoms with Crippen LogP contribution in [-0.4, -0.2) is 21.5 Å². The molecular weight excluding hydrogens is 125 g/mol. The van der Waals surface area contributed by atoms with Crippen molar-refractivity contribution in [2.45, 2.75) is 25.5 Å². The molecule has 3 nitrogen and oxygen atoms in total. The van der Waals surface area contributed by atoms with Gasteiger partial charge in [-0.05, 0) is 6.92 Å². The minimum atomic E-state index is -1.83. The van der Waals surface area contributed by atoms with Gasteiger partial charge in [-0.1, -0.05) is 6.92 Å². The van der Waals surface area contributed by atoms with E-state index in [1.807, 2.05) is 0 Å². The van der Waals surface area contributed by atoms with Gasteiger partial charge in [0.1, 0.15) is 0 Å². The summed E-state index contributed by atoms with van der Waals surface area (Å²) in [5.74, 6) is 0. The predicted molar refractivity (Wildman–Crippen MR) is 34.5 cm³/mol. The largest absolute Gasteiger partial charge is 0.350 e. The summed E-state index contributed by atoms with van der Waals surface area (Å²) in [7, 11) is -1.83. The number of hydrogen-bond acceptors (Lipinski definition) is 3. The Morgan fingerprint density at radius 3 is 1.75 bits per heavy atom. The molecule has 0 aromatic heterocycles. The minimum Gasteiger partial charge on any atom is -0.350 e. The third-order valence-electron chi connectivity index (χ3n) is 1.13. The first-order chi connectivity index (χ1) is 3.55. The lowest BCUT2D eigenvalue weighted by atomic mass is 10.3. The smallest absolute Gasteiger partial charge is 0.169 e. The van der Waals surface area contributed by atoms with E-state index < -0.39 is 8.38 Å². The second kappa shape index (κ2) is 3.36. The van der Waals surface area contributed by atoms with Gasteiger partial charge >= 0.3 is 0 Å². The molecule has 0 fully saturated rings. The first kappa shape index (κ1) is 8.31. The van der Waals surface area contributed by atoms with E-state index in [0.717, 1.165) is 0 Å². The van der Waals surface area contributed by atoms with Crippen molar-refractivity contribution >= 4 is 8.38 Å². The Morgan fingerprint density at radius 2 is 1.75 bits per heavy atom. The van der Waals surface area contributed by atoms with Gasteiger partial charge in [0.25, 0.3) is 0 Å². The van der Waals surface area contributed by atoms with E-state index in [-0.39, 0.29) is 11.7 Å². The SMILES string of the molecule is CC(N)C(C)P(O)O. The molecule has 0 aromatic carbocycles. The van der Waals surface area contributed by atoms with Crippen LogP contribution >= 0.6 is 8.38 Å². The summed E-state index contributed by atoms with van der Waals surface area (Å²) in [6.07, 6.45) is 0.